The van der Waals surface area contributed by atoms with E-state index in [1.165, 1.54) is 18.2 Å². The molecule has 0 radical (unpaired) electrons. The molecule has 1 saturated carbocycles. The van der Waals surface area contributed by atoms with Gasteiger partial charge < -0.3 is 10.1 Å². The van der Waals surface area contributed by atoms with Gasteiger partial charge in [-0.1, -0.05) is 38.8 Å². The molecule has 1 aliphatic rings. The van der Waals surface area contributed by atoms with Gasteiger partial charge in [0.25, 0.3) is 5.91 Å². The lowest BCUT2D eigenvalue weighted by Crippen LogP contribution is -2.45. The highest BCUT2D eigenvalue weighted by Crippen LogP contribution is 2.30. The fourth-order valence-electron chi connectivity index (χ4n) is 3.17. The van der Waals surface area contributed by atoms with Crippen LogP contribution in [0.15, 0.2) is 30.3 Å². The monoisotopic (exact) mass is 383 g/mol. The van der Waals surface area contributed by atoms with Crippen molar-refractivity contribution in [2.45, 2.75) is 45.3 Å². The number of rotatable bonds is 5. The Labute approximate surface area is 156 Å². The first-order valence-corrected chi connectivity index (χ1v) is 8.98. The summed E-state index contributed by atoms with van der Waals surface area (Å²) in [4.78, 5) is 23.6. The summed E-state index contributed by atoms with van der Waals surface area (Å²) in [6.45, 7) is 3.89. The van der Waals surface area contributed by atoms with Crippen LogP contribution in [-0.2, 0) is 20.5 Å². The van der Waals surface area contributed by atoms with Gasteiger partial charge in [-0.25, -0.2) is 4.79 Å². The smallest absolute Gasteiger partial charge is 0.416 e. The number of halogens is 3. The summed E-state index contributed by atoms with van der Waals surface area (Å²) in [7, 11) is 0. The molecule has 0 aromatic heterocycles. The van der Waals surface area contributed by atoms with Crippen LogP contribution < -0.4 is 5.32 Å². The number of amides is 1. The van der Waals surface area contributed by atoms with Crippen molar-refractivity contribution in [2.75, 3.05) is 6.61 Å². The Kier molecular flexibility index (Phi) is 7.05. The van der Waals surface area contributed by atoms with E-state index >= 15 is 0 Å². The number of alkyl halides is 3. The predicted octanol–water partition coefficient (Wildman–Crippen LogP) is 4.20. The van der Waals surface area contributed by atoms with Gasteiger partial charge in [-0.05, 0) is 42.0 Å². The van der Waals surface area contributed by atoms with Gasteiger partial charge in [0.1, 0.15) is 0 Å². The van der Waals surface area contributed by atoms with Crippen LogP contribution in [0.2, 0.25) is 0 Å². The molecule has 1 N–H and O–H groups in total. The van der Waals surface area contributed by atoms with Gasteiger partial charge in [-0.15, -0.1) is 0 Å². The minimum Gasteiger partial charge on any atom is -0.452 e. The third-order valence-electron chi connectivity index (χ3n) is 5.05. The lowest BCUT2D eigenvalue weighted by Gasteiger charge is -2.34. The fraction of sp³-hybridized carbons (Fsp3) is 0.500. The summed E-state index contributed by atoms with van der Waals surface area (Å²) < 4.78 is 42.4. The Hall–Kier alpha value is -2.31. The third kappa shape index (κ3) is 6.41. The molecule has 0 bridgehead atoms. The fourth-order valence-corrected chi connectivity index (χ4v) is 3.17. The summed E-state index contributed by atoms with van der Waals surface area (Å²) >= 11 is 0. The van der Waals surface area contributed by atoms with E-state index in [1.54, 1.807) is 0 Å². The van der Waals surface area contributed by atoms with E-state index in [0.29, 0.717) is 17.4 Å². The SMILES string of the molecule is C[C@H]1[C@H](C)CCC[C@H]1NC(=O)COC(=O)/C=C/c1ccc(C(F)(F)F)cc1. The second kappa shape index (κ2) is 9.06. The van der Waals surface area contributed by atoms with Crippen LogP contribution in [0, 0.1) is 11.8 Å². The van der Waals surface area contributed by atoms with Crippen LogP contribution in [0.5, 0.6) is 0 Å². The van der Waals surface area contributed by atoms with Crippen LogP contribution in [0.1, 0.15) is 44.2 Å². The van der Waals surface area contributed by atoms with Crippen molar-refractivity contribution in [1.29, 1.82) is 0 Å². The van der Waals surface area contributed by atoms with Crippen LogP contribution in [0.25, 0.3) is 6.08 Å². The minimum atomic E-state index is -4.40. The second-order valence-corrected chi connectivity index (χ2v) is 7.00. The lowest BCUT2D eigenvalue weighted by molar-refractivity contribution is -0.144. The minimum absolute atomic E-state index is 0.0858. The van der Waals surface area contributed by atoms with Crippen molar-refractivity contribution in [3.63, 3.8) is 0 Å². The van der Waals surface area contributed by atoms with Crippen molar-refractivity contribution in [3.05, 3.63) is 41.5 Å². The van der Waals surface area contributed by atoms with Gasteiger partial charge in [0.05, 0.1) is 5.56 Å². The number of ether oxygens (including phenoxy) is 1. The summed E-state index contributed by atoms with van der Waals surface area (Å²) in [6, 6.07) is 4.47. The summed E-state index contributed by atoms with van der Waals surface area (Å²) in [5.74, 6) is -0.163. The van der Waals surface area contributed by atoms with Crippen LogP contribution in [-0.4, -0.2) is 24.5 Å². The molecule has 0 spiro atoms. The van der Waals surface area contributed by atoms with Gasteiger partial charge in [-0.2, -0.15) is 13.2 Å². The van der Waals surface area contributed by atoms with Gasteiger partial charge in [0.15, 0.2) is 6.61 Å². The second-order valence-electron chi connectivity index (χ2n) is 7.00. The Morgan fingerprint density at radius 3 is 2.48 bits per heavy atom. The number of nitrogens with one attached hydrogen (secondary N) is 1. The molecule has 148 valence electrons. The molecule has 0 heterocycles. The maximum absolute atomic E-state index is 12.5. The summed E-state index contributed by atoms with van der Waals surface area (Å²) in [5.41, 5.74) is -0.334. The highest BCUT2D eigenvalue weighted by molar-refractivity contribution is 5.89. The third-order valence-corrected chi connectivity index (χ3v) is 5.05. The van der Waals surface area contributed by atoms with E-state index in [9.17, 15) is 22.8 Å². The average molecular weight is 383 g/mol. The van der Waals surface area contributed by atoms with Crippen LogP contribution >= 0.6 is 0 Å². The Morgan fingerprint density at radius 1 is 1.19 bits per heavy atom. The Bertz CT molecular complexity index is 683. The zero-order chi connectivity index (χ0) is 20.0. The number of carbonyl (C=O) groups excluding carboxylic acids is 2. The van der Waals surface area contributed by atoms with E-state index in [0.717, 1.165) is 37.5 Å². The zero-order valence-electron chi connectivity index (χ0n) is 15.4. The standard InChI is InChI=1S/C20H24F3NO3/c1-13-4-3-5-17(14(13)2)24-18(25)12-27-19(26)11-8-15-6-9-16(10-7-15)20(21,22)23/h6-11,13-14,17H,3-5,12H2,1-2H3,(H,24,25)/b11-8+/t13-,14+,17-/m1/s1. The van der Waals surface area contributed by atoms with Crippen molar-refractivity contribution in [2.24, 2.45) is 11.8 Å². The van der Waals surface area contributed by atoms with Gasteiger partial charge in [0, 0.05) is 12.1 Å². The normalized spacial score (nSPS) is 23.2. The Balaban J connectivity index is 1.78. The molecule has 2 rings (SSSR count). The summed E-state index contributed by atoms with van der Waals surface area (Å²) in [6.07, 6.45) is 1.15. The largest absolute Gasteiger partial charge is 0.452 e. The van der Waals surface area contributed by atoms with Crippen molar-refractivity contribution < 1.29 is 27.5 Å². The molecule has 3 atom stereocenters. The molecule has 7 heteroatoms. The first kappa shape index (κ1) is 21.0. The lowest BCUT2D eigenvalue weighted by atomic mass is 9.78. The molecule has 1 aromatic carbocycles. The molecule has 1 aromatic rings. The van der Waals surface area contributed by atoms with E-state index in [2.05, 4.69) is 19.2 Å². The maximum Gasteiger partial charge on any atom is 0.416 e. The maximum atomic E-state index is 12.5. The van der Waals surface area contributed by atoms with Crippen LogP contribution in [0.3, 0.4) is 0 Å². The topological polar surface area (TPSA) is 55.4 Å². The van der Waals surface area contributed by atoms with Crippen molar-refractivity contribution in [1.82, 2.24) is 5.32 Å². The molecular weight excluding hydrogens is 359 g/mol. The number of hydrogen-bond donors (Lipinski definition) is 1. The highest BCUT2D eigenvalue weighted by Gasteiger charge is 2.30. The van der Waals surface area contributed by atoms with Gasteiger partial charge >= 0.3 is 12.1 Å². The molecule has 0 unspecified atom stereocenters. The molecular formula is C20H24F3NO3. The molecule has 1 amide bonds. The van der Waals surface area contributed by atoms with E-state index in [-0.39, 0.29) is 18.6 Å². The van der Waals surface area contributed by atoms with E-state index in [4.69, 9.17) is 4.74 Å². The van der Waals surface area contributed by atoms with Crippen molar-refractivity contribution >= 4 is 18.0 Å². The van der Waals surface area contributed by atoms with Gasteiger partial charge in [0.2, 0.25) is 0 Å². The molecule has 4 nitrogen and oxygen atoms in total. The molecule has 0 saturated heterocycles. The Morgan fingerprint density at radius 2 is 1.85 bits per heavy atom. The number of esters is 1. The first-order valence-electron chi connectivity index (χ1n) is 8.98. The number of benzene rings is 1. The molecule has 1 aliphatic carbocycles. The van der Waals surface area contributed by atoms with Crippen LogP contribution in [0.4, 0.5) is 13.2 Å². The number of carbonyl (C=O) groups is 2. The molecule has 27 heavy (non-hydrogen) atoms. The van der Waals surface area contributed by atoms with Crippen molar-refractivity contribution in [3.8, 4) is 0 Å². The highest BCUT2D eigenvalue weighted by atomic mass is 19.4. The number of hydrogen-bond acceptors (Lipinski definition) is 3. The first-order chi connectivity index (χ1) is 12.7. The van der Waals surface area contributed by atoms with E-state index in [1.807, 2.05) is 0 Å². The summed E-state index contributed by atoms with van der Waals surface area (Å²) in [5, 5.41) is 2.90. The van der Waals surface area contributed by atoms with Gasteiger partial charge in [-0.3, -0.25) is 4.79 Å². The predicted molar refractivity (Wildman–Crippen MR) is 95.5 cm³/mol. The molecule has 1 fully saturated rings. The average Bonchev–Trinajstić information content (AvgIpc) is 2.61. The zero-order valence-corrected chi connectivity index (χ0v) is 15.4. The quantitative estimate of drug-likeness (QED) is 0.612. The molecule has 0 aliphatic heterocycles. The van der Waals surface area contributed by atoms with E-state index < -0.39 is 17.7 Å².